The molecule has 0 fully saturated rings. The number of aliphatic imine (C=N–C) groups is 1. The molecule has 164 valence electrons. The number of nitrogens with zero attached hydrogens (tertiary/aromatic N) is 4. The van der Waals surface area contributed by atoms with Crippen molar-refractivity contribution < 1.29 is 9.53 Å². The van der Waals surface area contributed by atoms with Gasteiger partial charge >= 0.3 is 0 Å². The summed E-state index contributed by atoms with van der Waals surface area (Å²) in [6.45, 7) is 4.25. The number of amides is 1. The second kappa shape index (κ2) is 8.55. The first-order chi connectivity index (χ1) is 16.0. The van der Waals surface area contributed by atoms with Gasteiger partial charge in [-0.25, -0.2) is 0 Å². The fourth-order valence-electron chi connectivity index (χ4n) is 3.66. The average Bonchev–Trinajstić information content (AvgIpc) is 3.43. The van der Waals surface area contributed by atoms with Gasteiger partial charge in [0.2, 0.25) is 5.17 Å². The number of ether oxygens (including phenoxy) is 1. The number of benzene rings is 2. The molecule has 2 aliphatic rings. The lowest BCUT2D eigenvalue weighted by Crippen LogP contribution is -2.35. The van der Waals surface area contributed by atoms with Crippen LogP contribution in [0.25, 0.3) is 11.8 Å². The molecule has 0 radical (unpaired) electrons. The zero-order valence-electron chi connectivity index (χ0n) is 18.1. The molecule has 1 aromatic heterocycles. The van der Waals surface area contributed by atoms with Crippen molar-refractivity contribution in [3.63, 3.8) is 0 Å². The molecule has 2 aromatic carbocycles. The highest BCUT2D eigenvalue weighted by Crippen LogP contribution is 2.29. The van der Waals surface area contributed by atoms with E-state index in [0.717, 1.165) is 28.3 Å². The molecule has 3 aromatic rings. The number of thioether (sulfide) groups is 1. The molecule has 0 unspecified atom stereocenters. The lowest BCUT2D eigenvalue weighted by Gasteiger charge is -2.20. The Hall–Kier alpha value is -3.91. The number of amidine groups is 2. The summed E-state index contributed by atoms with van der Waals surface area (Å²) in [6, 6.07) is 19.6. The highest BCUT2D eigenvalue weighted by Gasteiger charge is 2.36. The van der Waals surface area contributed by atoms with E-state index in [1.807, 2.05) is 85.3 Å². The summed E-state index contributed by atoms with van der Waals surface area (Å²) in [4.78, 5) is 17.0. The summed E-state index contributed by atoms with van der Waals surface area (Å²) in [5.74, 6) is 0.324. The van der Waals surface area contributed by atoms with E-state index in [1.165, 1.54) is 16.8 Å². The fourth-order valence-corrected chi connectivity index (χ4v) is 4.46. The summed E-state index contributed by atoms with van der Waals surface area (Å²) in [5.41, 5.74) is 4.13. The fraction of sp³-hybridized carbons (Fsp3) is 0.120. The Kier molecular flexibility index (Phi) is 5.43. The second-order valence-corrected chi connectivity index (χ2v) is 8.70. The number of hydrogen-bond acceptors (Lipinski definition) is 5. The number of para-hydroxylation sites is 2. The van der Waals surface area contributed by atoms with Gasteiger partial charge in [-0.1, -0.05) is 36.4 Å². The third-order valence-corrected chi connectivity index (χ3v) is 6.27. The van der Waals surface area contributed by atoms with Crippen molar-refractivity contribution in [1.82, 2.24) is 9.58 Å². The molecule has 0 bridgehead atoms. The topological polar surface area (TPSA) is 83.0 Å². The van der Waals surface area contributed by atoms with E-state index in [-0.39, 0.29) is 18.0 Å². The van der Waals surface area contributed by atoms with Crippen molar-refractivity contribution in [2.75, 3.05) is 6.61 Å². The molecule has 1 N–H and O–H groups in total. The number of fused-ring (bicyclic) bond motifs is 1. The van der Waals surface area contributed by atoms with Gasteiger partial charge in [0.15, 0.2) is 5.84 Å². The normalized spacial score (nSPS) is 16.7. The third kappa shape index (κ3) is 4.01. The van der Waals surface area contributed by atoms with E-state index in [9.17, 15) is 4.79 Å². The predicted octanol–water partition coefficient (Wildman–Crippen LogP) is 4.79. The van der Waals surface area contributed by atoms with E-state index in [1.54, 1.807) is 6.08 Å². The first-order valence-corrected chi connectivity index (χ1v) is 11.2. The standard InChI is InChI=1S/C25H21N5O2S/c1-16-8-3-5-11-20(16)29-13-7-10-18(29)14-19-23(26)30-25(27-24(19)31)33-22(28-30)15-32-21-12-6-4-9-17(21)2/h3-14,26H,15H2,1-2H3/b19-14-,26-23?. The van der Waals surface area contributed by atoms with E-state index >= 15 is 0 Å². The van der Waals surface area contributed by atoms with Crippen LogP contribution in [-0.4, -0.2) is 38.1 Å². The van der Waals surface area contributed by atoms with Crippen molar-refractivity contribution in [2.24, 2.45) is 10.1 Å². The number of aromatic nitrogens is 1. The summed E-state index contributed by atoms with van der Waals surface area (Å²) < 4.78 is 7.86. The third-order valence-electron chi connectivity index (χ3n) is 5.39. The van der Waals surface area contributed by atoms with Gasteiger partial charge in [0, 0.05) is 17.6 Å². The van der Waals surface area contributed by atoms with Crippen molar-refractivity contribution in [1.29, 1.82) is 5.41 Å². The van der Waals surface area contributed by atoms with E-state index in [2.05, 4.69) is 10.1 Å². The van der Waals surface area contributed by atoms with Crippen LogP contribution in [0.3, 0.4) is 0 Å². The zero-order valence-corrected chi connectivity index (χ0v) is 19.0. The van der Waals surface area contributed by atoms with Crippen LogP contribution in [-0.2, 0) is 4.79 Å². The first-order valence-electron chi connectivity index (χ1n) is 10.4. The predicted molar refractivity (Wildman–Crippen MR) is 132 cm³/mol. The summed E-state index contributed by atoms with van der Waals surface area (Å²) in [7, 11) is 0. The Labute approximate surface area is 195 Å². The number of carbonyl (C=O) groups excluding carboxylic acids is 1. The van der Waals surface area contributed by atoms with Crippen LogP contribution >= 0.6 is 11.8 Å². The van der Waals surface area contributed by atoms with Crippen LogP contribution in [0.1, 0.15) is 16.8 Å². The molecule has 33 heavy (non-hydrogen) atoms. The van der Waals surface area contributed by atoms with Crippen LogP contribution in [0, 0.1) is 19.3 Å². The SMILES string of the molecule is Cc1ccccc1OCC1=NN2C(=N)/C(=C/c3cccn3-c3ccccc3C)C(=O)N=C2S1. The van der Waals surface area contributed by atoms with Gasteiger partial charge in [0.05, 0.1) is 5.57 Å². The Bertz CT molecular complexity index is 1370. The Morgan fingerprint density at radius 2 is 1.79 bits per heavy atom. The lowest BCUT2D eigenvalue weighted by atomic mass is 10.1. The minimum atomic E-state index is -0.451. The Morgan fingerprint density at radius 1 is 1.03 bits per heavy atom. The van der Waals surface area contributed by atoms with E-state index in [4.69, 9.17) is 10.1 Å². The molecular weight excluding hydrogens is 434 g/mol. The molecule has 0 spiro atoms. The Balaban J connectivity index is 1.40. The number of nitrogens with one attached hydrogen (secondary N) is 1. The Morgan fingerprint density at radius 3 is 2.58 bits per heavy atom. The van der Waals surface area contributed by atoms with Gasteiger partial charge in [-0.05, 0) is 67.1 Å². The highest BCUT2D eigenvalue weighted by molar-refractivity contribution is 8.27. The number of carbonyl (C=O) groups is 1. The van der Waals surface area contributed by atoms with Gasteiger partial charge in [0.1, 0.15) is 17.4 Å². The maximum atomic E-state index is 12.8. The molecule has 0 saturated heterocycles. The summed E-state index contributed by atoms with van der Waals surface area (Å²) >= 11 is 1.25. The van der Waals surface area contributed by atoms with Gasteiger partial charge < -0.3 is 9.30 Å². The molecule has 2 aliphatic heterocycles. The molecule has 5 rings (SSSR count). The maximum Gasteiger partial charge on any atom is 0.283 e. The van der Waals surface area contributed by atoms with Crippen molar-refractivity contribution in [3.8, 4) is 11.4 Å². The quantitative estimate of drug-likeness (QED) is 0.561. The van der Waals surface area contributed by atoms with Crippen molar-refractivity contribution in [3.05, 3.63) is 89.3 Å². The highest BCUT2D eigenvalue weighted by atomic mass is 32.2. The zero-order chi connectivity index (χ0) is 22.9. The van der Waals surface area contributed by atoms with E-state index in [0.29, 0.717) is 10.2 Å². The number of aryl methyl sites for hydroxylation is 2. The monoisotopic (exact) mass is 455 g/mol. The molecule has 0 saturated carbocycles. The van der Waals surface area contributed by atoms with Crippen LogP contribution < -0.4 is 4.74 Å². The van der Waals surface area contributed by atoms with Crippen molar-refractivity contribution >= 4 is 39.8 Å². The van der Waals surface area contributed by atoms with Gasteiger partial charge in [-0.2, -0.15) is 15.1 Å². The number of rotatable bonds is 5. The van der Waals surface area contributed by atoms with Crippen LogP contribution in [0.2, 0.25) is 0 Å². The minimum absolute atomic E-state index is 0.000857. The largest absolute Gasteiger partial charge is 0.486 e. The summed E-state index contributed by atoms with van der Waals surface area (Å²) in [5, 5.41) is 15.5. The molecule has 0 atom stereocenters. The number of hydrazone groups is 1. The minimum Gasteiger partial charge on any atom is -0.486 e. The van der Waals surface area contributed by atoms with Gasteiger partial charge in [-0.3, -0.25) is 10.2 Å². The smallest absolute Gasteiger partial charge is 0.283 e. The van der Waals surface area contributed by atoms with Crippen molar-refractivity contribution in [2.45, 2.75) is 13.8 Å². The van der Waals surface area contributed by atoms with E-state index < -0.39 is 5.91 Å². The second-order valence-electron chi connectivity index (χ2n) is 7.66. The van der Waals surface area contributed by atoms with Crippen LogP contribution in [0.15, 0.2) is 82.5 Å². The molecule has 7 nitrogen and oxygen atoms in total. The molecule has 8 heteroatoms. The average molecular weight is 456 g/mol. The van der Waals surface area contributed by atoms with Crippen LogP contribution in [0.4, 0.5) is 0 Å². The lowest BCUT2D eigenvalue weighted by molar-refractivity contribution is -0.114. The maximum absolute atomic E-state index is 12.8. The number of hydrogen-bond donors (Lipinski definition) is 1. The van der Waals surface area contributed by atoms with Gasteiger partial charge in [-0.15, -0.1) is 0 Å². The molecule has 1 amide bonds. The summed E-state index contributed by atoms with van der Waals surface area (Å²) in [6.07, 6.45) is 3.63. The molecule has 3 heterocycles. The van der Waals surface area contributed by atoms with Crippen LogP contribution in [0.5, 0.6) is 5.75 Å². The van der Waals surface area contributed by atoms with Gasteiger partial charge in [0.25, 0.3) is 5.91 Å². The molecular formula is C25H21N5O2S. The first kappa shape index (κ1) is 21.0. The molecule has 0 aliphatic carbocycles.